The molecule has 0 aliphatic heterocycles. The van der Waals surface area contributed by atoms with E-state index in [-0.39, 0.29) is 11.5 Å². The van der Waals surface area contributed by atoms with E-state index < -0.39 is 18.4 Å². The number of benzene rings is 1. The van der Waals surface area contributed by atoms with Gasteiger partial charge in [0, 0.05) is 17.3 Å². The molecule has 0 radical (unpaired) electrons. The van der Waals surface area contributed by atoms with Crippen LogP contribution in [0.3, 0.4) is 0 Å². The van der Waals surface area contributed by atoms with Gasteiger partial charge in [0.1, 0.15) is 11.6 Å². The maximum absolute atomic E-state index is 13.6. The van der Waals surface area contributed by atoms with Crippen molar-refractivity contribution in [3.63, 3.8) is 0 Å². The molecule has 1 amide bonds. The molecule has 0 N–H and O–H groups in total. The predicted molar refractivity (Wildman–Crippen MR) is 102 cm³/mol. The number of amides is 1. The molecule has 3 rings (SSSR count). The predicted octanol–water partition coefficient (Wildman–Crippen LogP) is 4.46. The van der Waals surface area contributed by atoms with Crippen molar-refractivity contribution >= 4 is 18.0 Å². The molecule has 2 aromatic rings. The first kappa shape index (κ1) is 19.6. The summed E-state index contributed by atoms with van der Waals surface area (Å²) in [5.74, 6) is -0.800. The van der Waals surface area contributed by atoms with Crippen LogP contribution in [-0.2, 0) is 20.9 Å². The first-order valence-electron chi connectivity index (χ1n) is 9.24. The Morgan fingerprint density at radius 3 is 2.75 bits per heavy atom. The van der Waals surface area contributed by atoms with E-state index in [0.29, 0.717) is 12.3 Å². The van der Waals surface area contributed by atoms with E-state index in [1.165, 1.54) is 12.1 Å². The van der Waals surface area contributed by atoms with Gasteiger partial charge in [0.2, 0.25) is 0 Å². The molecule has 1 aromatic carbocycles. The maximum Gasteiger partial charge on any atom is 0.331 e. The zero-order chi connectivity index (χ0) is 19.8. The molecule has 1 aliphatic rings. The summed E-state index contributed by atoms with van der Waals surface area (Å²) in [6, 6.07) is 9.65. The Kier molecular flexibility index (Phi) is 6.78. The van der Waals surface area contributed by atoms with Crippen LogP contribution in [-0.4, -0.2) is 23.4 Å². The van der Waals surface area contributed by atoms with Crippen LogP contribution in [0.15, 0.2) is 64.9 Å². The highest BCUT2D eigenvalue weighted by molar-refractivity contribution is 5.89. The van der Waals surface area contributed by atoms with Crippen LogP contribution in [0.4, 0.5) is 4.39 Å². The fourth-order valence-corrected chi connectivity index (χ4v) is 3.00. The highest BCUT2D eigenvalue weighted by atomic mass is 19.1. The van der Waals surface area contributed by atoms with Crippen LogP contribution in [0, 0.1) is 5.82 Å². The van der Waals surface area contributed by atoms with Crippen molar-refractivity contribution < 1.29 is 23.1 Å². The van der Waals surface area contributed by atoms with Gasteiger partial charge in [-0.15, -0.1) is 0 Å². The average molecular weight is 383 g/mol. The van der Waals surface area contributed by atoms with Crippen LogP contribution < -0.4 is 0 Å². The zero-order valence-corrected chi connectivity index (χ0v) is 15.5. The highest BCUT2D eigenvalue weighted by Crippen LogP contribution is 2.23. The van der Waals surface area contributed by atoms with Crippen LogP contribution in [0.1, 0.15) is 37.0 Å². The quantitative estimate of drug-likeness (QED) is 0.523. The third-order valence-corrected chi connectivity index (χ3v) is 4.45. The highest BCUT2D eigenvalue weighted by Gasteiger charge is 2.21. The van der Waals surface area contributed by atoms with Crippen molar-refractivity contribution in [2.24, 2.45) is 0 Å². The number of hydrogen-bond acceptors (Lipinski definition) is 4. The lowest BCUT2D eigenvalue weighted by Crippen LogP contribution is -2.34. The number of nitrogens with zero attached hydrogens (tertiary/aromatic N) is 1. The topological polar surface area (TPSA) is 59.8 Å². The molecule has 0 fully saturated rings. The van der Waals surface area contributed by atoms with Gasteiger partial charge in [-0.05, 0) is 50.0 Å². The van der Waals surface area contributed by atoms with Gasteiger partial charge in [0.05, 0.1) is 12.8 Å². The van der Waals surface area contributed by atoms with E-state index in [0.717, 1.165) is 37.5 Å². The number of carbonyl (C=O) groups is 2. The Labute approximate surface area is 163 Å². The number of esters is 1. The molecule has 6 heteroatoms. The third kappa shape index (κ3) is 5.42. The summed E-state index contributed by atoms with van der Waals surface area (Å²) in [6.07, 6.45) is 9.87. The minimum Gasteiger partial charge on any atom is -0.467 e. The van der Waals surface area contributed by atoms with Gasteiger partial charge in [-0.2, -0.15) is 0 Å². The molecule has 5 nitrogen and oxygen atoms in total. The fourth-order valence-electron chi connectivity index (χ4n) is 3.00. The van der Waals surface area contributed by atoms with Crippen molar-refractivity contribution in [2.75, 3.05) is 6.61 Å². The van der Waals surface area contributed by atoms with Crippen LogP contribution in [0.5, 0.6) is 0 Å². The molecule has 0 spiro atoms. The van der Waals surface area contributed by atoms with E-state index in [9.17, 15) is 14.0 Å². The molecule has 0 bridgehead atoms. The summed E-state index contributed by atoms with van der Waals surface area (Å²) in [6.45, 7) is -0.0984. The second-order valence-corrected chi connectivity index (χ2v) is 6.46. The largest absolute Gasteiger partial charge is 0.467 e. The maximum atomic E-state index is 13.6. The summed E-state index contributed by atoms with van der Waals surface area (Å²) in [7, 11) is 0. The van der Waals surface area contributed by atoms with Crippen molar-refractivity contribution in [1.29, 1.82) is 0 Å². The van der Waals surface area contributed by atoms with Gasteiger partial charge in [-0.3, -0.25) is 4.79 Å². The summed E-state index contributed by atoms with van der Waals surface area (Å²) < 4.78 is 24.0. The SMILES string of the molecule is O=C(/C=C/c1ccccc1F)OCC(=O)N(Cc1ccco1)C1=CCCCC1. The number of rotatable bonds is 7. The monoisotopic (exact) mass is 383 g/mol. The van der Waals surface area contributed by atoms with Gasteiger partial charge < -0.3 is 14.1 Å². The molecule has 1 heterocycles. The van der Waals surface area contributed by atoms with Gasteiger partial charge >= 0.3 is 5.97 Å². The Bertz CT molecular complexity index is 870. The van der Waals surface area contributed by atoms with Crippen LogP contribution in [0.2, 0.25) is 0 Å². The lowest BCUT2D eigenvalue weighted by Gasteiger charge is -2.26. The molecule has 146 valence electrons. The summed E-state index contributed by atoms with van der Waals surface area (Å²) in [4.78, 5) is 26.2. The lowest BCUT2D eigenvalue weighted by molar-refractivity contribution is -0.147. The molecule has 0 atom stereocenters. The molecule has 0 unspecified atom stereocenters. The van der Waals surface area contributed by atoms with Crippen molar-refractivity contribution in [1.82, 2.24) is 4.90 Å². The van der Waals surface area contributed by atoms with E-state index in [4.69, 9.17) is 9.15 Å². The third-order valence-electron chi connectivity index (χ3n) is 4.45. The Hall–Kier alpha value is -3.15. The minimum atomic E-state index is -0.702. The number of halogens is 1. The Morgan fingerprint density at radius 1 is 1.18 bits per heavy atom. The van der Waals surface area contributed by atoms with E-state index in [2.05, 4.69) is 0 Å². The first-order chi connectivity index (χ1) is 13.6. The van der Waals surface area contributed by atoms with Crippen molar-refractivity contribution in [3.05, 3.63) is 77.7 Å². The van der Waals surface area contributed by atoms with Crippen molar-refractivity contribution in [3.8, 4) is 0 Å². The molecular formula is C22H22FNO4. The lowest BCUT2D eigenvalue weighted by atomic mass is 10.0. The zero-order valence-electron chi connectivity index (χ0n) is 15.5. The molecule has 28 heavy (non-hydrogen) atoms. The second kappa shape index (κ2) is 9.69. The van der Waals surface area contributed by atoms with Gasteiger partial charge in [0.25, 0.3) is 5.91 Å². The molecule has 0 saturated heterocycles. The van der Waals surface area contributed by atoms with Crippen molar-refractivity contribution in [2.45, 2.75) is 32.2 Å². The number of hydrogen-bond donors (Lipinski definition) is 0. The van der Waals surface area contributed by atoms with Crippen LogP contribution >= 0.6 is 0 Å². The minimum absolute atomic E-state index is 0.276. The average Bonchev–Trinajstić information content (AvgIpc) is 3.23. The molecular weight excluding hydrogens is 361 g/mol. The number of furan rings is 1. The molecule has 1 aromatic heterocycles. The smallest absolute Gasteiger partial charge is 0.331 e. The second-order valence-electron chi connectivity index (χ2n) is 6.46. The Balaban J connectivity index is 1.60. The van der Waals surface area contributed by atoms with Gasteiger partial charge in [-0.1, -0.05) is 24.3 Å². The number of carbonyl (C=O) groups excluding carboxylic acids is 2. The Morgan fingerprint density at radius 2 is 2.04 bits per heavy atom. The first-order valence-corrected chi connectivity index (χ1v) is 9.24. The number of allylic oxidation sites excluding steroid dienone is 2. The summed E-state index contributed by atoms with van der Waals surface area (Å²) in [5.41, 5.74) is 1.20. The summed E-state index contributed by atoms with van der Waals surface area (Å²) >= 11 is 0. The van der Waals surface area contributed by atoms with E-state index in [1.54, 1.807) is 41.5 Å². The van der Waals surface area contributed by atoms with E-state index >= 15 is 0 Å². The number of ether oxygens (including phenoxy) is 1. The van der Waals surface area contributed by atoms with Crippen LogP contribution in [0.25, 0.3) is 6.08 Å². The standard InChI is InChI=1S/C22H22FNO4/c23-20-11-5-4-7-17(20)12-13-22(26)28-16-21(25)24(15-19-10-6-14-27-19)18-8-2-1-3-9-18/h4-8,10-14H,1-3,9,15-16H2/b13-12+. The fraction of sp³-hybridized carbons (Fsp3) is 0.273. The molecule has 1 aliphatic carbocycles. The van der Waals surface area contributed by atoms with Gasteiger partial charge in [-0.25, -0.2) is 9.18 Å². The molecule has 0 saturated carbocycles. The summed E-state index contributed by atoms with van der Waals surface area (Å²) in [5, 5.41) is 0. The van der Waals surface area contributed by atoms with E-state index in [1.807, 2.05) is 6.08 Å². The normalized spacial score (nSPS) is 14.0. The van der Waals surface area contributed by atoms with Gasteiger partial charge in [0.15, 0.2) is 6.61 Å².